The smallest absolute Gasteiger partial charge is 0.123 e. The van der Waals surface area contributed by atoms with Gasteiger partial charge in [0.1, 0.15) is 5.82 Å². The van der Waals surface area contributed by atoms with Crippen molar-refractivity contribution in [1.82, 2.24) is 10.2 Å². The Hall–Kier alpha value is -0.160. The molecule has 0 radical (unpaired) electrons. The second-order valence-corrected chi connectivity index (χ2v) is 6.32. The van der Waals surface area contributed by atoms with E-state index in [1.54, 1.807) is 6.07 Å². The lowest BCUT2D eigenvalue weighted by Crippen LogP contribution is -2.45. The summed E-state index contributed by atoms with van der Waals surface area (Å²) in [5, 5.41) is 3.39. The summed E-state index contributed by atoms with van der Waals surface area (Å²) in [5.74, 6) is -0.140. The van der Waals surface area contributed by atoms with E-state index in [1.165, 1.54) is 25.3 Å². The highest BCUT2D eigenvalue weighted by atomic mass is 79.9. The maximum Gasteiger partial charge on any atom is 0.123 e. The molecule has 2 nitrogen and oxygen atoms in total. The van der Waals surface area contributed by atoms with E-state index in [2.05, 4.69) is 33.1 Å². The fraction of sp³-hybridized carbons (Fsp3) is 0.625. The molecule has 1 saturated heterocycles. The van der Waals surface area contributed by atoms with Gasteiger partial charge in [-0.2, -0.15) is 0 Å². The molecule has 5 heteroatoms. The summed E-state index contributed by atoms with van der Waals surface area (Å²) in [6.45, 7) is 6.35. The molecular formula is C16H25BrClFN2. The summed E-state index contributed by atoms with van der Waals surface area (Å²) in [5.41, 5.74) is 1.10. The van der Waals surface area contributed by atoms with E-state index in [1.807, 2.05) is 6.07 Å². The molecule has 1 heterocycles. The Morgan fingerprint density at radius 1 is 1.29 bits per heavy atom. The Morgan fingerprint density at radius 2 is 2.00 bits per heavy atom. The molecule has 1 fully saturated rings. The van der Waals surface area contributed by atoms with Gasteiger partial charge in [-0.15, -0.1) is 12.4 Å². The number of halogens is 3. The zero-order valence-corrected chi connectivity index (χ0v) is 15.0. The van der Waals surface area contributed by atoms with Gasteiger partial charge in [0.05, 0.1) is 0 Å². The molecule has 1 aromatic rings. The largest absolute Gasteiger partial charge is 0.314 e. The second-order valence-electron chi connectivity index (χ2n) is 5.46. The lowest BCUT2D eigenvalue weighted by molar-refractivity contribution is 0.162. The fourth-order valence-electron chi connectivity index (χ4n) is 2.89. The predicted molar refractivity (Wildman–Crippen MR) is 92.7 cm³/mol. The Morgan fingerprint density at radius 3 is 2.67 bits per heavy atom. The Balaban J connectivity index is 0.00000220. The molecule has 0 spiro atoms. The van der Waals surface area contributed by atoms with Gasteiger partial charge in [-0.05, 0) is 30.2 Å². The molecule has 120 valence electrons. The highest BCUT2D eigenvalue weighted by molar-refractivity contribution is 9.10. The van der Waals surface area contributed by atoms with E-state index >= 15 is 0 Å². The number of rotatable bonds is 6. The van der Waals surface area contributed by atoms with Gasteiger partial charge in [0.2, 0.25) is 0 Å². The number of piperazine rings is 1. The lowest BCUT2D eigenvalue weighted by Gasteiger charge is -2.36. The highest BCUT2D eigenvalue weighted by Gasteiger charge is 2.23. The van der Waals surface area contributed by atoms with Gasteiger partial charge in [-0.3, -0.25) is 4.90 Å². The van der Waals surface area contributed by atoms with Gasteiger partial charge < -0.3 is 5.32 Å². The quantitative estimate of drug-likeness (QED) is 0.730. The van der Waals surface area contributed by atoms with E-state index in [-0.39, 0.29) is 18.2 Å². The molecule has 0 aromatic heterocycles. The number of hydrogen-bond donors (Lipinski definition) is 1. The standard InChI is InChI=1S/C16H24BrFN2.ClH/c1-2-3-4-5-16(20-10-8-19-9-11-20)14-12-13(18)6-7-15(14)17;/h6-7,12,16,19H,2-5,8-11H2,1H3;1H/t16-;/m0./s1. The van der Waals surface area contributed by atoms with Crippen LogP contribution in [0.4, 0.5) is 4.39 Å². The maximum atomic E-state index is 13.6. The molecule has 0 saturated carbocycles. The van der Waals surface area contributed by atoms with Crippen LogP contribution in [-0.2, 0) is 0 Å². The zero-order chi connectivity index (χ0) is 14.4. The van der Waals surface area contributed by atoms with Crippen LogP contribution in [0.5, 0.6) is 0 Å². The van der Waals surface area contributed by atoms with Crippen molar-refractivity contribution < 1.29 is 4.39 Å². The maximum absolute atomic E-state index is 13.6. The first-order valence-corrected chi connectivity index (χ1v) is 8.41. The molecule has 1 atom stereocenters. The van der Waals surface area contributed by atoms with Crippen LogP contribution in [0.1, 0.15) is 44.2 Å². The van der Waals surface area contributed by atoms with E-state index in [0.29, 0.717) is 6.04 Å². The summed E-state index contributed by atoms with van der Waals surface area (Å²) in [6.07, 6.45) is 4.78. The van der Waals surface area contributed by atoms with Crippen molar-refractivity contribution in [2.45, 2.75) is 38.6 Å². The molecular weight excluding hydrogens is 355 g/mol. The molecule has 0 unspecified atom stereocenters. The minimum atomic E-state index is -0.140. The highest BCUT2D eigenvalue weighted by Crippen LogP contribution is 2.32. The molecule has 0 aliphatic carbocycles. The molecule has 1 aliphatic heterocycles. The molecule has 0 bridgehead atoms. The van der Waals surface area contributed by atoms with Gasteiger partial charge in [0, 0.05) is 36.7 Å². The molecule has 21 heavy (non-hydrogen) atoms. The van der Waals surface area contributed by atoms with Crippen molar-refractivity contribution in [1.29, 1.82) is 0 Å². The molecule has 0 amide bonds. The van der Waals surface area contributed by atoms with Crippen LogP contribution < -0.4 is 5.32 Å². The minimum absolute atomic E-state index is 0. The topological polar surface area (TPSA) is 15.3 Å². The van der Waals surface area contributed by atoms with Crippen molar-refractivity contribution in [3.05, 3.63) is 34.1 Å². The number of nitrogens with zero attached hydrogens (tertiary/aromatic N) is 1. The average molecular weight is 380 g/mol. The number of benzene rings is 1. The third-order valence-corrected chi connectivity index (χ3v) is 4.71. The van der Waals surface area contributed by atoms with Crippen LogP contribution in [0.2, 0.25) is 0 Å². The monoisotopic (exact) mass is 378 g/mol. The summed E-state index contributed by atoms with van der Waals surface area (Å²) in [4.78, 5) is 2.49. The van der Waals surface area contributed by atoms with E-state index in [9.17, 15) is 4.39 Å². The predicted octanol–water partition coefficient (Wildman–Crippen LogP) is 4.54. The van der Waals surface area contributed by atoms with Crippen molar-refractivity contribution >= 4 is 28.3 Å². The summed E-state index contributed by atoms with van der Waals surface area (Å²) < 4.78 is 14.6. The normalized spacial score (nSPS) is 17.3. The van der Waals surface area contributed by atoms with E-state index in [0.717, 1.165) is 42.6 Å². The second kappa shape index (κ2) is 9.78. The molecule has 2 rings (SSSR count). The Labute approximate surface area is 142 Å². The van der Waals surface area contributed by atoms with Crippen molar-refractivity contribution in [2.75, 3.05) is 26.2 Å². The van der Waals surface area contributed by atoms with Crippen molar-refractivity contribution in [2.24, 2.45) is 0 Å². The van der Waals surface area contributed by atoms with E-state index in [4.69, 9.17) is 0 Å². The first kappa shape index (κ1) is 18.9. The third-order valence-electron chi connectivity index (χ3n) is 3.99. The molecule has 1 aromatic carbocycles. The van der Waals surface area contributed by atoms with Crippen molar-refractivity contribution in [3.8, 4) is 0 Å². The number of hydrogen-bond acceptors (Lipinski definition) is 2. The van der Waals surface area contributed by atoms with Gasteiger partial charge in [-0.1, -0.05) is 42.1 Å². The summed E-state index contributed by atoms with van der Waals surface area (Å²) in [7, 11) is 0. The number of nitrogens with one attached hydrogen (secondary N) is 1. The first-order chi connectivity index (χ1) is 9.72. The van der Waals surface area contributed by atoms with E-state index < -0.39 is 0 Å². The van der Waals surface area contributed by atoms with Gasteiger partial charge in [-0.25, -0.2) is 4.39 Å². The van der Waals surface area contributed by atoms with Crippen LogP contribution in [-0.4, -0.2) is 31.1 Å². The van der Waals surface area contributed by atoms with Crippen LogP contribution in [0.25, 0.3) is 0 Å². The van der Waals surface area contributed by atoms with Crippen molar-refractivity contribution in [3.63, 3.8) is 0 Å². The van der Waals surface area contributed by atoms with Crippen LogP contribution in [0, 0.1) is 5.82 Å². The molecule has 1 N–H and O–H groups in total. The van der Waals surface area contributed by atoms with Crippen LogP contribution >= 0.6 is 28.3 Å². The number of unbranched alkanes of at least 4 members (excludes halogenated alkanes) is 2. The van der Waals surface area contributed by atoms with Crippen LogP contribution in [0.15, 0.2) is 22.7 Å². The van der Waals surface area contributed by atoms with Gasteiger partial charge in [0.25, 0.3) is 0 Å². The van der Waals surface area contributed by atoms with Gasteiger partial charge >= 0.3 is 0 Å². The minimum Gasteiger partial charge on any atom is -0.314 e. The average Bonchev–Trinajstić information content (AvgIpc) is 2.48. The zero-order valence-electron chi connectivity index (χ0n) is 12.6. The third kappa shape index (κ3) is 5.51. The lowest BCUT2D eigenvalue weighted by atomic mass is 9.98. The summed E-state index contributed by atoms with van der Waals surface area (Å²) >= 11 is 3.60. The first-order valence-electron chi connectivity index (χ1n) is 7.62. The summed E-state index contributed by atoms with van der Waals surface area (Å²) in [6, 6.07) is 5.38. The Kier molecular flexibility index (Phi) is 8.79. The fourth-order valence-corrected chi connectivity index (χ4v) is 3.40. The van der Waals surface area contributed by atoms with Gasteiger partial charge in [0.15, 0.2) is 0 Å². The van der Waals surface area contributed by atoms with Crippen LogP contribution in [0.3, 0.4) is 0 Å². The SMILES string of the molecule is CCCCC[C@@H](c1cc(F)ccc1Br)N1CCNCC1.Cl. The molecule has 1 aliphatic rings. The Bertz CT molecular complexity index is 425.